The smallest absolute Gasteiger partial charge is 0.309 e. The fourth-order valence-corrected chi connectivity index (χ4v) is 2.67. The van der Waals surface area contributed by atoms with Crippen molar-refractivity contribution in [3.63, 3.8) is 0 Å². The average molecular weight is 242 g/mol. The number of likely N-dealkylation sites (tertiary alicyclic amines) is 1. The Morgan fingerprint density at radius 1 is 1.59 bits per heavy atom. The molecule has 0 aromatic heterocycles. The van der Waals surface area contributed by atoms with Crippen molar-refractivity contribution < 1.29 is 9.53 Å². The van der Waals surface area contributed by atoms with Gasteiger partial charge in [0.05, 0.1) is 13.0 Å². The third kappa shape index (κ3) is 3.96. The Balaban J connectivity index is 2.49. The van der Waals surface area contributed by atoms with Crippen LogP contribution in [-0.2, 0) is 9.53 Å². The second kappa shape index (κ2) is 6.97. The number of carbonyl (C=O) groups is 1. The Hall–Kier alpha value is -0.610. The average Bonchev–Trinajstić information content (AvgIpc) is 2.37. The summed E-state index contributed by atoms with van der Waals surface area (Å²) in [5.74, 6) is 0.610. The number of methoxy groups -OCH3 is 1. The first-order valence-electron chi connectivity index (χ1n) is 6.64. The van der Waals surface area contributed by atoms with Gasteiger partial charge in [0.15, 0.2) is 0 Å². The molecule has 0 amide bonds. The van der Waals surface area contributed by atoms with E-state index >= 15 is 0 Å². The Morgan fingerprint density at radius 3 is 2.82 bits per heavy atom. The minimum Gasteiger partial charge on any atom is -0.469 e. The third-order valence-corrected chi connectivity index (χ3v) is 3.91. The van der Waals surface area contributed by atoms with Crippen molar-refractivity contribution in [1.82, 2.24) is 4.90 Å². The molecule has 2 N–H and O–H groups in total. The molecule has 17 heavy (non-hydrogen) atoms. The summed E-state index contributed by atoms with van der Waals surface area (Å²) in [5.41, 5.74) is 5.84. The Morgan fingerprint density at radius 2 is 2.29 bits per heavy atom. The van der Waals surface area contributed by atoms with Crippen molar-refractivity contribution in [2.75, 3.05) is 26.7 Å². The highest BCUT2D eigenvalue weighted by molar-refractivity contribution is 5.72. The van der Waals surface area contributed by atoms with Crippen molar-refractivity contribution in [3.05, 3.63) is 0 Å². The van der Waals surface area contributed by atoms with Crippen LogP contribution in [0, 0.1) is 11.8 Å². The van der Waals surface area contributed by atoms with Crippen LogP contribution < -0.4 is 5.73 Å². The van der Waals surface area contributed by atoms with Crippen molar-refractivity contribution in [1.29, 1.82) is 0 Å². The summed E-state index contributed by atoms with van der Waals surface area (Å²) in [6.07, 6.45) is 3.62. The molecule has 1 heterocycles. The molecule has 3 atom stereocenters. The number of hydrogen-bond acceptors (Lipinski definition) is 4. The monoisotopic (exact) mass is 242 g/mol. The summed E-state index contributed by atoms with van der Waals surface area (Å²) < 4.78 is 4.77. The molecule has 0 aromatic rings. The maximum absolute atomic E-state index is 11.4. The number of carbonyl (C=O) groups excluding carboxylic acids is 1. The normalized spacial score (nSPS) is 27.8. The van der Waals surface area contributed by atoms with Crippen LogP contribution in [0.3, 0.4) is 0 Å². The predicted molar refractivity (Wildman–Crippen MR) is 68.6 cm³/mol. The lowest BCUT2D eigenvalue weighted by molar-refractivity contribution is -0.145. The molecule has 4 nitrogen and oxygen atoms in total. The molecule has 0 radical (unpaired) electrons. The number of ether oxygens (including phenoxy) is 1. The molecule has 1 rings (SSSR count). The first kappa shape index (κ1) is 14.5. The zero-order chi connectivity index (χ0) is 12.8. The van der Waals surface area contributed by atoms with Gasteiger partial charge in [-0.25, -0.2) is 0 Å². The van der Waals surface area contributed by atoms with Crippen LogP contribution in [0.5, 0.6) is 0 Å². The Bertz CT molecular complexity index is 246. The van der Waals surface area contributed by atoms with E-state index < -0.39 is 0 Å². The van der Waals surface area contributed by atoms with Gasteiger partial charge in [-0.15, -0.1) is 0 Å². The van der Waals surface area contributed by atoms with E-state index in [1.165, 1.54) is 26.4 Å². The Kier molecular flexibility index (Phi) is 5.92. The van der Waals surface area contributed by atoms with E-state index in [0.29, 0.717) is 12.6 Å². The van der Waals surface area contributed by atoms with Crippen molar-refractivity contribution in [2.45, 2.75) is 39.2 Å². The topological polar surface area (TPSA) is 55.6 Å². The van der Waals surface area contributed by atoms with Crippen molar-refractivity contribution in [3.8, 4) is 0 Å². The van der Waals surface area contributed by atoms with Crippen LogP contribution in [0.15, 0.2) is 0 Å². The SMILES string of the molecule is CCC1CCN(CC(C)C(=O)OC)C(CN)C1. The van der Waals surface area contributed by atoms with Gasteiger partial charge in [0, 0.05) is 19.1 Å². The van der Waals surface area contributed by atoms with E-state index in [1.807, 2.05) is 6.92 Å². The zero-order valence-electron chi connectivity index (χ0n) is 11.3. The second-order valence-electron chi connectivity index (χ2n) is 5.11. The molecule has 1 aliphatic rings. The molecule has 1 saturated heterocycles. The lowest BCUT2D eigenvalue weighted by Gasteiger charge is -2.39. The summed E-state index contributed by atoms with van der Waals surface area (Å²) in [5, 5.41) is 0. The van der Waals surface area contributed by atoms with Crippen LogP contribution >= 0.6 is 0 Å². The lowest BCUT2D eigenvalue weighted by atomic mass is 9.88. The molecule has 1 fully saturated rings. The Labute approximate surface area is 104 Å². The minimum absolute atomic E-state index is 0.0628. The molecule has 100 valence electrons. The van der Waals surface area contributed by atoms with E-state index in [-0.39, 0.29) is 11.9 Å². The van der Waals surface area contributed by atoms with Gasteiger partial charge >= 0.3 is 5.97 Å². The van der Waals surface area contributed by atoms with Gasteiger partial charge in [0.1, 0.15) is 0 Å². The molecule has 3 unspecified atom stereocenters. The van der Waals surface area contributed by atoms with Crippen LogP contribution in [0.2, 0.25) is 0 Å². The van der Waals surface area contributed by atoms with Gasteiger partial charge in [-0.3, -0.25) is 9.69 Å². The first-order chi connectivity index (χ1) is 8.12. The summed E-state index contributed by atoms with van der Waals surface area (Å²) in [6, 6.07) is 0.431. The van der Waals surface area contributed by atoms with E-state index in [2.05, 4.69) is 11.8 Å². The van der Waals surface area contributed by atoms with E-state index in [1.54, 1.807) is 0 Å². The number of rotatable bonds is 5. The molecule has 4 heteroatoms. The number of esters is 1. The highest BCUT2D eigenvalue weighted by Crippen LogP contribution is 2.25. The minimum atomic E-state index is -0.126. The largest absolute Gasteiger partial charge is 0.469 e. The molecular weight excluding hydrogens is 216 g/mol. The van der Waals surface area contributed by atoms with Crippen molar-refractivity contribution >= 4 is 5.97 Å². The van der Waals surface area contributed by atoms with Crippen LogP contribution in [0.25, 0.3) is 0 Å². The van der Waals surface area contributed by atoms with E-state index in [0.717, 1.165) is 19.0 Å². The van der Waals surface area contributed by atoms with Crippen molar-refractivity contribution in [2.24, 2.45) is 17.6 Å². The quantitative estimate of drug-likeness (QED) is 0.737. The summed E-state index contributed by atoms with van der Waals surface area (Å²) in [4.78, 5) is 13.8. The third-order valence-electron chi connectivity index (χ3n) is 3.91. The zero-order valence-corrected chi connectivity index (χ0v) is 11.3. The maximum Gasteiger partial charge on any atom is 0.309 e. The number of nitrogens with two attached hydrogens (primary N) is 1. The van der Waals surface area contributed by atoms with Gasteiger partial charge in [0.25, 0.3) is 0 Å². The fraction of sp³-hybridized carbons (Fsp3) is 0.923. The predicted octanol–water partition coefficient (Wildman–Crippen LogP) is 1.24. The highest BCUT2D eigenvalue weighted by Gasteiger charge is 2.29. The summed E-state index contributed by atoms with van der Waals surface area (Å²) in [7, 11) is 1.45. The molecule has 0 saturated carbocycles. The van der Waals surface area contributed by atoms with Gasteiger partial charge in [-0.2, -0.15) is 0 Å². The summed E-state index contributed by atoms with van der Waals surface area (Å²) >= 11 is 0. The fourth-order valence-electron chi connectivity index (χ4n) is 2.67. The molecule has 0 spiro atoms. The van der Waals surface area contributed by atoms with E-state index in [4.69, 9.17) is 10.5 Å². The molecule has 0 aromatic carbocycles. The van der Waals surface area contributed by atoms with E-state index in [9.17, 15) is 4.79 Å². The summed E-state index contributed by atoms with van der Waals surface area (Å²) in [6.45, 7) is 6.67. The maximum atomic E-state index is 11.4. The number of nitrogens with zero attached hydrogens (tertiary/aromatic N) is 1. The van der Waals surface area contributed by atoms with Gasteiger partial charge < -0.3 is 10.5 Å². The van der Waals surface area contributed by atoms with Crippen LogP contribution in [0.1, 0.15) is 33.1 Å². The van der Waals surface area contributed by atoms with Gasteiger partial charge in [-0.05, 0) is 25.3 Å². The lowest BCUT2D eigenvalue weighted by Crippen LogP contribution is -2.48. The molecular formula is C13H26N2O2. The van der Waals surface area contributed by atoms with Gasteiger partial charge in [0.2, 0.25) is 0 Å². The molecule has 0 aliphatic carbocycles. The molecule has 0 bridgehead atoms. The highest BCUT2D eigenvalue weighted by atomic mass is 16.5. The first-order valence-corrected chi connectivity index (χ1v) is 6.64. The standard InChI is InChI=1S/C13H26N2O2/c1-4-11-5-6-15(12(7-11)8-14)9-10(2)13(16)17-3/h10-12H,4-9,14H2,1-3H3. The number of piperidine rings is 1. The molecule has 1 aliphatic heterocycles. The van der Waals surface area contributed by atoms with Crippen LogP contribution in [-0.4, -0.2) is 43.7 Å². The second-order valence-corrected chi connectivity index (χ2v) is 5.11. The van der Waals surface area contributed by atoms with Crippen LogP contribution in [0.4, 0.5) is 0 Å². The number of hydrogen-bond donors (Lipinski definition) is 1. The van der Waals surface area contributed by atoms with Gasteiger partial charge in [-0.1, -0.05) is 20.3 Å².